The van der Waals surface area contributed by atoms with Gasteiger partial charge in [0, 0.05) is 13.1 Å². The van der Waals surface area contributed by atoms with Gasteiger partial charge in [-0.15, -0.1) is 0 Å². The predicted molar refractivity (Wildman–Crippen MR) is 114 cm³/mol. The molecular formula is C23H31N3O5. The minimum Gasteiger partial charge on any atom is -0.469 e. The van der Waals surface area contributed by atoms with E-state index in [0.717, 1.165) is 10.5 Å². The van der Waals surface area contributed by atoms with Crippen LogP contribution in [0.25, 0.3) is 0 Å². The SMILES string of the molecule is COC(=O)C1CCN(C(=O)CN2C(=O)N[C@](C)(c3ccc(C(C)(C)C)cc3)C2=O)CC1. The maximum Gasteiger partial charge on any atom is 0.325 e. The molecule has 1 atom stereocenters. The second kappa shape index (κ2) is 8.32. The maximum absolute atomic E-state index is 13.1. The number of hydrogen-bond acceptors (Lipinski definition) is 5. The number of piperidine rings is 1. The van der Waals surface area contributed by atoms with Crippen molar-refractivity contribution in [2.45, 2.75) is 51.5 Å². The molecule has 8 heteroatoms. The highest BCUT2D eigenvalue weighted by Crippen LogP contribution is 2.31. The third-order valence-corrected chi connectivity index (χ3v) is 6.28. The van der Waals surface area contributed by atoms with E-state index < -0.39 is 17.5 Å². The van der Waals surface area contributed by atoms with Crippen molar-refractivity contribution < 1.29 is 23.9 Å². The highest BCUT2D eigenvalue weighted by Gasteiger charge is 2.49. The summed E-state index contributed by atoms with van der Waals surface area (Å²) in [5.41, 5.74) is 0.556. The standard InChI is InChI=1S/C23H31N3O5/c1-22(2,3)16-6-8-17(9-7-16)23(4)20(29)26(21(30)24-23)14-18(27)25-12-10-15(11-13-25)19(28)31-5/h6-9,15H,10-14H2,1-5H3,(H,24,30)/t23-/m1/s1. The molecule has 1 aromatic carbocycles. The van der Waals surface area contributed by atoms with Crippen molar-refractivity contribution in [3.8, 4) is 0 Å². The Bertz CT molecular complexity index is 881. The number of rotatable bonds is 4. The summed E-state index contributed by atoms with van der Waals surface area (Å²) in [7, 11) is 1.35. The number of hydrogen-bond donors (Lipinski definition) is 1. The number of carbonyl (C=O) groups excluding carboxylic acids is 4. The molecule has 168 valence electrons. The normalized spacial score (nSPS) is 22.5. The zero-order valence-corrected chi connectivity index (χ0v) is 18.9. The van der Waals surface area contributed by atoms with Gasteiger partial charge in [-0.05, 0) is 36.3 Å². The second-order valence-electron chi connectivity index (χ2n) is 9.45. The van der Waals surface area contributed by atoms with Crippen LogP contribution in [0.5, 0.6) is 0 Å². The summed E-state index contributed by atoms with van der Waals surface area (Å²) in [5, 5.41) is 2.75. The highest BCUT2D eigenvalue weighted by molar-refractivity contribution is 6.09. The molecule has 0 aliphatic carbocycles. The van der Waals surface area contributed by atoms with Gasteiger partial charge in [0.05, 0.1) is 13.0 Å². The summed E-state index contributed by atoms with van der Waals surface area (Å²) in [6, 6.07) is 7.03. The first kappa shape index (κ1) is 22.8. The van der Waals surface area contributed by atoms with Crippen molar-refractivity contribution in [1.82, 2.24) is 15.1 Å². The van der Waals surface area contributed by atoms with Gasteiger partial charge in [-0.1, -0.05) is 45.0 Å². The zero-order chi connectivity index (χ0) is 23.0. The third kappa shape index (κ3) is 4.43. The number of esters is 1. The molecular weight excluding hydrogens is 398 g/mol. The number of ether oxygens (including phenoxy) is 1. The van der Waals surface area contributed by atoms with Crippen molar-refractivity contribution in [3.05, 3.63) is 35.4 Å². The molecule has 0 aromatic heterocycles. The van der Waals surface area contributed by atoms with Gasteiger partial charge >= 0.3 is 12.0 Å². The van der Waals surface area contributed by atoms with Crippen LogP contribution in [0, 0.1) is 5.92 Å². The van der Waals surface area contributed by atoms with E-state index in [0.29, 0.717) is 31.5 Å². The summed E-state index contributed by atoms with van der Waals surface area (Å²) < 4.78 is 4.76. The summed E-state index contributed by atoms with van der Waals surface area (Å²) in [4.78, 5) is 52.6. The van der Waals surface area contributed by atoms with E-state index in [1.165, 1.54) is 7.11 Å². The fourth-order valence-corrected chi connectivity index (χ4v) is 4.11. The summed E-state index contributed by atoms with van der Waals surface area (Å²) in [6.07, 6.45) is 1.02. The third-order valence-electron chi connectivity index (χ3n) is 6.28. The molecule has 0 saturated carbocycles. The topological polar surface area (TPSA) is 96.0 Å². The maximum atomic E-state index is 13.1. The average Bonchev–Trinajstić information content (AvgIpc) is 2.96. The first-order valence-electron chi connectivity index (χ1n) is 10.6. The molecule has 2 heterocycles. The van der Waals surface area contributed by atoms with Crippen molar-refractivity contribution in [2.75, 3.05) is 26.7 Å². The Morgan fingerprint density at radius 2 is 1.71 bits per heavy atom. The molecule has 0 spiro atoms. The number of benzene rings is 1. The minimum absolute atomic E-state index is 0.0257. The number of urea groups is 1. The molecule has 2 aliphatic rings. The van der Waals surface area contributed by atoms with E-state index in [1.54, 1.807) is 11.8 Å². The first-order chi connectivity index (χ1) is 14.5. The second-order valence-corrected chi connectivity index (χ2v) is 9.45. The predicted octanol–water partition coefficient (Wildman–Crippen LogP) is 2.16. The number of carbonyl (C=O) groups is 4. The molecule has 0 radical (unpaired) electrons. The van der Waals surface area contributed by atoms with Gasteiger partial charge in [0.15, 0.2) is 0 Å². The van der Waals surface area contributed by atoms with Gasteiger partial charge < -0.3 is 15.0 Å². The Balaban J connectivity index is 1.67. The summed E-state index contributed by atoms with van der Waals surface area (Å²) >= 11 is 0. The van der Waals surface area contributed by atoms with Gasteiger partial charge in [0.25, 0.3) is 5.91 Å². The van der Waals surface area contributed by atoms with Crippen LogP contribution in [0.4, 0.5) is 4.79 Å². The molecule has 3 rings (SSSR count). The molecule has 0 bridgehead atoms. The van der Waals surface area contributed by atoms with Crippen LogP contribution < -0.4 is 5.32 Å². The van der Waals surface area contributed by atoms with Crippen LogP contribution in [0.2, 0.25) is 0 Å². The van der Waals surface area contributed by atoms with Crippen molar-refractivity contribution in [2.24, 2.45) is 5.92 Å². The van der Waals surface area contributed by atoms with E-state index in [9.17, 15) is 19.2 Å². The Morgan fingerprint density at radius 1 is 1.13 bits per heavy atom. The summed E-state index contributed by atoms with van der Waals surface area (Å²) in [5.74, 6) is -1.24. The van der Waals surface area contributed by atoms with Gasteiger partial charge in [-0.25, -0.2) is 4.79 Å². The Labute approximate surface area is 182 Å². The number of imide groups is 1. The monoisotopic (exact) mass is 429 g/mol. The Kier molecular flexibility index (Phi) is 6.11. The van der Waals surface area contributed by atoms with Crippen LogP contribution in [0.3, 0.4) is 0 Å². The van der Waals surface area contributed by atoms with Gasteiger partial charge in [0.1, 0.15) is 12.1 Å². The molecule has 1 N–H and O–H groups in total. The van der Waals surface area contributed by atoms with Crippen molar-refractivity contribution in [3.63, 3.8) is 0 Å². The zero-order valence-electron chi connectivity index (χ0n) is 18.9. The van der Waals surface area contributed by atoms with E-state index in [1.807, 2.05) is 24.3 Å². The first-order valence-corrected chi connectivity index (χ1v) is 10.6. The Hall–Kier alpha value is -2.90. The van der Waals surface area contributed by atoms with Crippen LogP contribution >= 0.6 is 0 Å². The van der Waals surface area contributed by atoms with Crippen LogP contribution in [-0.4, -0.2) is 60.4 Å². The molecule has 31 heavy (non-hydrogen) atoms. The van der Waals surface area contributed by atoms with Gasteiger partial charge in [-0.2, -0.15) is 0 Å². The minimum atomic E-state index is -1.22. The van der Waals surface area contributed by atoms with Crippen LogP contribution in [0.1, 0.15) is 51.7 Å². The van der Waals surface area contributed by atoms with Crippen LogP contribution in [0.15, 0.2) is 24.3 Å². The quantitative estimate of drug-likeness (QED) is 0.585. The fraction of sp³-hybridized carbons (Fsp3) is 0.565. The number of methoxy groups -OCH3 is 1. The lowest BCUT2D eigenvalue weighted by Crippen LogP contribution is -2.47. The number of nitrogens with zero attached hydrogens (tertiary/aromatic N) is 2. The van der Waals surface area contributed by atoms with Crippen molar-refractivity contribution in [1.29, 1.82) is 0 Å². The lowest BCUT2D eigenvalue weighted by Gasteiger charge is -2.31. The van der Waals surface area contributed by atoms with Crippen LogP contribution in [-0.2, 0) is 30.1 Å². The average molecular weight is 430 g/mol. The lowest BCUT2D eigenvalue weighted by molar-refractivity contribution is -0.149. The summed E-state index contributed by atoms with van der Waals surface area (Å²) in [6.45, 7) is 8.45. The smallest absolute Gasteiger partial charge is 0.325 e. The molecule has 1 aromatic rings. The van der Waals surface area contributed by atoms with E-state index >= 15 is 0 Å². The number of likely N-dealkylation sites (tertiary alicyclic amines) is 1. The number of amides is 4. The molecule has 2 fully saturated rings. The Morgan fingerprint density at radius 3 is 2.23 bits per heavy atom. The molecule has 2 saturated heterocycles. The molecule has 4 amide bonds. The van der Waals surface area contributed by atoms with E-state index in [4.69, 9.17) is 4.74 Å². The van der Waals surface area contributed by atoms with E-state index in [2.05, 4.69) is 26.1 Å². The van der Waals surface area contributed by atoms with Gasteiger partial charge in [0.2, 0.25) is 5.91 Å². The van der Waals surface area contributed by atoms with E-state index in [-0.39, 0.29) is 29.8 Å². The molecule has 2 aliphatic heterocycles. The fourth-order valence-electron chi connectivity index (χ4n) is 4.11. The highest BCUT2D eigenvalue weighted by atomic mass is 16.5. The lowest BCUT2D eigenvalue weighted by atomic mass is 9.84. The van der Waals surface area contributed by atoms with Gasteiger partial charge in [-0.3, -0.25) is 19.3 Å². The molecule has 0 unspecified atom stereocenters. The van der Waals surface area contributed by atoms with Crippen molar-refractivity contribution >= 4 is 23.8 Å². The number of nitrogens with one attached hydrogen (secondary N) is 1. The largest absolute Gasteiger partial charge is 0.469 e. The molecule has 8 nitrogen and oxygen atoms in total.